The molecule has 0 bridgehead atoms. The van der Waals surface area contributed by atoms with Crippen LogP contribution in [0.4, 0.5) is 0 Å². The zero-order valence-corrected chi connectivity index (χ0v) is 17.3. The molecular weight excluding hydrogens is 392 g/mol. The first-order valence-corrected chi connectivity index (χ1v) is 10.8. The smallest absolute Gasteiger partial charge is 0.186 e. The van der Waals surface area contributed by atoms with E-state index in [1.165, 1.54) is 5.56 Å². The van der Waals surface area contributed by atoms with Crippen LogP contribution in [0.15, 0.2) is 24.3 Å². The molecule has 8 nitrogen and oxygen atoms in total. The maximum absolute atomic E-state index is 9.95. The molecule has 8 heteroatoms. The molecule has 2 aliphatic heterocycles. The molecule has 2 saturated heterocycles. The Morgan fingerprint density at radius 1 is 0.933 bits per heavy atom. The van der Waals surface area contributed by atoms with Crippen molar-refractivity contribution in [2.24, 2.45) is 5.92 Å². The fourth-order valence-electron chi connectivity index (χ4n) is 3.72. The van der Waals surface area contributed by atoms with Gasteiger partial charge < -0.3 is 39.4 Å². The first-order chi connectivity index (χ1) is 14.6. The Bertz CT molecular complexity index is 602. The number of ether oxygens (including phenoxy) is 4. The Labute approximate surface area is 177 Å². The standard InChI is InChI=1S/C22H34O8/c23-13-18-19(24)20(25)21(26)22(30-18)28-10-2-1-3-15-4-6-17(7-5-15)29-14-16-8-11-27-12-9-16/h4-7,16,18-26H,1-3,8-14H2/t18-,19-,20+,21-,22-/m1/s1. The lowest BCUT2D eigenvalue weighted by Crippen LogP contribution is -2.59. The Balaban J connectivity index is 1.31. The molecule has 2 heterocycles. The third-order valence-corrected chi connectivity index (χ3v) is 5.74. The molecule has 2 fully saturated rings. The Morgan fingerprint density at radius 3 is 2.37 bits per heavy atom. The van der Waals surface area contributed by atoms with Crippen molar-refractivity contribution in [2.75, 3.05) is 33.0 Å². The summed E-state index contributed by atoms with van der Waals surface area (Å²) in [5, 5.41) is 38.7. The van der Waals surface area contributed by atoms with Crippen LogP contribution in [0.5, 0.6) is 5.75 Å². The summed E-state index contributed by atoms with van der Waals surface area (Å²) in [6.45, 7) is 2.27. The van der Waals surface area contributed by atoms with Gasteiger partial charge in [0.05, 0.1) is 13.2 Å². The lowest BCUT2D eigenvalue weighted by atomic mass is 9.99. The Kier molecular flexibility index (Phi) is 9.32. The highest BCUT2D eigenvalue weighted by Crippen LogP contribution is 2.22. The van der Waals surface area contributed by atoms with Gasteiger partial charge >= 0.3 is 0 Å². The van der Waals surface area contributed by atoms with Gasteiger partial charge in [-0.05, 0) is 55.7 Å². The van der Waals surface area contributed by atoms with Crippen LogP contribution in [0.1, 0.15) is 31.2 Å². The molecule has 0 aromatic heterocycles. The van der Waals surface area contributed by atoms with E-state index >= 15 is 0 Å². The van der Waals surface area contributed by atoms with Crippen LogP contribution in [-0.2, 0) is 20.6 Å². The lowest BCUT2D eigenvalue weighted by molar-refractivity contribution is -0.301. The maximum atomic E-state index is 9.95. The third kappa shape index (κ3) is 6.62. The van der Waals surface area contributed by atoms with Crippen molar-refractivity contribution in [3.8, 4) is 5.75 Å². The van der Waals surface area contributed by atoms with Crippen LogP contribution in [-0.4, -0.2) is 84.2 Å². The summed E-state index contributed by atoms with van der Waals surface area (Å²) in [6.07, 6.45) is -1.49. The molecule has 1 aromatic rings. The SMILES string of the molecule is OC[C@H]1O[C@@H](OCCCCc2ccc(OCC3CCOCC3)cc2)[C@H](O)[C@@H](O)[C@@H]1O. The third-order valence-electron chi connectivity index (χ3n) is 5.74. The summed E-state index contributed by atoms with van der Waals surface area (Å²) in [5.74, 6) is 1.46. The average molecular weight is 427 g/mol. The highest BCUT2D eigenvalue weighted by Gasteiger charge is 2.43. The van der Waals surface area contributed by atoms with Gasteiger partial charge in [0, 0.05) is 19.8 Å². The van der Waals surface area contributed by atoms with Crippen LogP contribution in [0.25, 0.3) is 0 Å². The zero-order valence-electron chi connectivity index (χ0n) is 17.3. The predicted octanol–water partition coefficient (Wildman–Crippen LogP) is 0.631. The van der Waals surface area contributed by atoms with Gasteiger partial charge in [-0.3, -0.25) is 0 Å². The molecule has 0 saturated carbocycles. The minimum absolute atomic E-state index is 0.342. The van der Waals surface area contributed by atoms with Crippen molar-refractivity contribution in [3.05, 3.63) is 29.8 Å². The number of rotatable bonds is 10. The van der Waals surface area contributed by atoms with E-state index in [0.717, 1.165) is 57.7 Å². The molecule has 5 atom stereocenters. The summed E-state index contributed by atoms with van der Waals surface area (Å²) in [4.78, 5) is 0. The summed E-state index contributed by atoms with van der Waals surface area (Å²) in [5.41, 5.74) is 1.21. The van der Waals surface area contributed by atoms with Crippen LogP contribution in [0, 0.1) is 5.92 Å². The first-order valence-electron chi connectivity index (χ1n) is 10.8. The van der Waals surface area contributed by atoms with Crippen LogP contribution < -0.4 is 4.74 Å². The van der Waals surface area contributed by atoms with Crippen molar-refractivity contribution >= 4 is 0 Å². The topological polar surface area (TPSA) is 118 Å². The van der Waals surface area contributed by atoms with Gasteiger partial charge in [0.1, 0.15) is 30.2 Å². The average Bonchev–Trinajstić information content (AvgIpc) is 2.79. The molecule has 3 rings (SSSR count). The second kappa shape index (κ2) is 12.0. The highest BCUT2D eigenvalue weighted by atomic mass is 16.7. The molecule has 1 aromatic carbocycles. The largest absolute Gasteiger partial charge is 0.493 e. The van der Waals surface area contributed by atoms with E-state index in [1.807, 2.05) is 12.1 Å². The Morgan fingerprint density at radius 2 is 1.67 bits per heavy atom. The normalized spacial score (nSPS) is 30.3. The van der Waals surface area contributed by atoms with E-state index in [0.29, 0.717) is 12.5 Å². The second-order valence-electron chi connectivity index (χ2n) is 8.04. The number of hydrogen-bond donors (Lipinski definition) is 4. The molecular formula is C22H34O8. The maximum Gasteiger partial charge on any atom is 0.186 e. The van der Waals surface area contributed by atoms with Gasteiger partial charge in [-0.15, -0.1) is 0 Å². The second-order valence-corrected chi connectivity index (χ2v) is 8.04. The van der Waals surface area contributed by atoms with Crippen molar-refractivity contribution in [1.29, 1.82) is 0 Å². The van der Waals surface area contributed by atoms with E-state index in [9.17, 15) is 20.4 Å². The van der Waals surface area contributed by atoms with Crippen molar-refractivity contribution in [3.63, 3.8) is 0 Å². The molecule has 0 spiro atoms. The van der Waals surface area contributed by atoms with Crippen molar-refractivity contribution in [2.45, 2.75) is 62.8 Å². The summed E-state index contributed by atoms with van der Waals surface area (Å²) < 4.78 is 22.1. The van der Waals surface area contributed by atoms with E-state index in [2.05, 4.69) is 12.1 Å². The van der Waals surface area contributed by atoms with E-state index in [4.69, 9.17) is 18.9 Å². The van der Waals surface area contributed by atoms with Gasteiger partial charge in [-0.2, -0.15) is 0 Å². The molecule has 2 aliphatic rings. The van der Waals surface area contributed by atoms with Gasteiger partial charge in [0.25, 0.3) is 0 Å². The van der Waals surface area contributed by atoms with Gasteiger partial charge in [0.15, 0.2) is 6.29 Å². The van der Waals surface area contributed by atoms with Crippen molar-refractivity contribution in [1.82, 2.24) is 0 Å². The van der Waals surface area contributed by atoms with E-state index < -0.39 is 37.3 Å². The minimum Gasteiger partial charge on any atom is -0.493 e. The molecule has 0 aliphatic carbocycles. The van der Waals surface area contributed by atoms with E-state index in [1.54, 1.807) is 0 Å². The summed E-state index contributed by atoms with van der Waals surface area (Å²) in [6, 6.07) is 8.13. The lowest BCUT2D eigenvalue weighted by Gasteiger charge is -2.39. The van der Waals surface area contributed by atoms with Crippen LogP contribution >= 0.6 is 0 Å². The van der Waals surface area contributed by atoms with Gasteiger partial charge in [-0.25, -0.2) is 0 Å². The molecule has 0 radical (unpaired) electrons. The molecule has 0 amide bonds. The molecule has 170 valence electrons. The summed E-state index contributed by atoms with van der Waals surface area (Å²) in [7, 11) is 0. The van der Waals surface area contributed by atoms with Crippen LogP contribution in [0.3, 0.4) is 0 Å². The molecule has 4 N–H and O–H groups in total. The minimum atomic E-state index is -1.41. The zero-order chi connectivity index (χ0) is 21.3. The fraction of sp³-hybridized carbons (Fsp3) is 0.727. The van der Waals surface area contributed by atoms with Gasteiger partial charge in [0.2, 0.25) is 0 Å². The number of unbranched alkanes of at least 4 members (excludes halogenated alkanes) is 1. The van der Waals surface area contributed by atoms with Crippen LogP contribution in [0.2, 0.25) is 0 Å². The summed E-state index contributed by atoms with van der Waals surface area (Å²) >= 11 is 0. The Hall–Kier alpha value is -1.26. The highest BCUT2D eigenvalue weighted by molar-refractivity contribution is 5.27. The van der Waals surface area contributed by atoms with Gasteiger partial charge in [-0.1, -0.05) is 12.1 Å². The number of aryl methyl sites for hydroxylation is 1. The number of benzene rings is 1. The quantitative estimate of drug-likeness (QED) is 0.403. The number of aliphatic hydroxyl groups is 4. The first kappa shape index (κ1) is 23.4. The van der Waals surface area contributed by atoms with E-state index in [-0.39, 0.29) is 0 Å². The fourth-order valence-corrected chi connectivity index (χ4v) is 3.72. The monoisotopic (exact) mass is 426 g/mol. The number of hydrogen-bond acceptors (Lipinski definition) is 8. The van der Waals surface area contributed by atoms with Crippen molar-refractivity contribution < 1.29 is 39.4 Å². The number of aliphatic hydroxyl groups excluding tert-OH is 4. The predicted molar refractivity (Wildman–Crippen MR) is 108 cm³/mol. The molecule has 0 unspecified atom stereocenters. The molecule has 30 heavy (non-hydrogen) atoms.